The van der Waals surface area contributed by atoms with Crippen LogP contribution in [0.4, 0.5) is 0 Å². The van der Waals surface area contributed by atoms with Crippen LogP contribution < -0.4 is 5.73 Å². The molecule has 0 saturated heterocycles. The van der Waals surface area contributed by atoms with Crippen molar-refractivity contribution in [2.24, 2.45) is 5.73 Å². The summed E-state index contributed by atoms with van der Waals surface area (Å²) in [6.45, 7) is 4.03. The second-order valence-corrected chi connectivity index (χ2v) is 3.88. The van der Waals surface area contributed by atoms with Crippen LogP contribution in [0.2, 0.25) is 0 Å². The molecule has 0 radical (unpaired) electrons. The summed E-state index contributed by atoms with van der Waals surface area (Å²) >= 11 is 1.70. The Balaban J connectivity index is 2.45. The number of nitrogens with two attached hydrogens (primary N) is 1. The fraction of sp³-hybridized carbons (Fsp3) is 0.444. The fourth-order valence-corrected chi connectivity index (χ4v) is 1.87. The Morgan fingerprint density at radius 1 is 1.69 bits per heavy atom. The number of hydrogen-bond acceptors (Lipinski definition) is 3. The minimum atomic E-state index is -0.265. The summed E-state index contributed by atoms with van der Waals surface area (Å²) in [7, 11) is 0. The van der Waals surface area contributed by atoms with E-state index in [4.69, 9.17) is 5.73 Å². The van der Waals surface area contributed by atoms with Gasteiger partial charge in [0, 0.05) is 11.4 Å². The molecule has 0 spiro atoms. The molecule has 72 valence electrons. The van der Waals surface area contributed by atoms with Gasteiger partial charge in [-0.05, 0) is 18.0 Å². The molecule has 1 amide bonds. The van der Waals surface area contributed by atoms with E-state index in [-0.39, 0.29) is 5.91 Å². The van der Waals surface area contributed by atoms with E-state index in [1.807, 2.05) is 23.3 Å². The molecule has 0 saturated carbocycles. The zero-order valence-corrected chi connectivity index (χ0v) is 8.51. The first kappa shape index (κ1) is 10.2. The van der Waals surface area contributed by atoms with Gasteiger partial charge in [0.2, 0.25) is 5.91 Å². The van der Waals surface area contributed by atoms with Crippen LogP contribution in [0.3, 0.4) is 0 Å². The zero-order valence-electron chi connectivity index (χ0n) is 7.69. The fourth-order valence-electron chi connectivity index (χ4n) is 1.12. The Bertz CT molecular complexity index is 259. The first-order valence-electron chi connectivity index (χ1n) is 4.25. The standard InChI is InChI=1S/C9H14N2OS/c1-2-11(7-9(10)12)6-8-4-3-5-13-8/h3-5H,2,6-7H2,1H3,(H2,10,12). The van der Waals surface area contributed by atoms with Crippen molar-refractivity contribution in [1.82, 2.24) is 4.90 Å². The molecular weight excluding hydrogens is 184 g/mol. The van der Waals surface area contributed by atoms with Crippen LogP contribution in [0.25, 0.3) is 0 Å². The van der Waals surface area contributed by atoms with Gasteiger partial charge in [-0.3, -0.25) is 9.69 Å². The Hall–Kier alpha value is -0.870. The van der Waals surface area contributed by atoms with Crippen molar-refractivity contribution in [3.8, 4) is 0 Å². The van der Waals surface area contributed by atoms with Crippen molar-refractivity contribution < 1.29 is 4.79 Å². The summed E-state index contributed by atoms with van der Waals surface area (Å²) in [5, 5.41) is 2.04. The SMILES string of the molecule is CCN(CC(N)=O)Cc1cccs1. The number of hydrogen-bond donors (Lipinski definition) is 1. The van der Waals surface area contributed by atoms with E-state index < -0.39 is 0 Å². The van der Waals surface area contributed by atoms with E-state index in [0.717, 1.165) is 13.1 Å². The number of thiophene rings is 1. The van der Waals surface area contributed by atoms with E-state index in [2.05, 4.69) is 6.07 Å². The minimum absolute atomic E-state index is 0.265. The average molecular weight is 198 g/mol. The van der Waals surface area contributed by atoms with Crippen LogP contribution in [0.15, 0.2) is 17.5 Å². The molecule has 0 aromatic carbocycles. The molecule has 1 rings (SSSR count). The third kappa shape index (κ3) is 3.57. The van der Waals surface area contributed by atoms with Crippen LogP contribution in [0, 0.1) is 0 Å². The van der Waals surface area contributed by atoms with Crippen molar-refractivity contribution in [1.29, 1.82) is 0 Å². The molecule has 2 N–H and O–H groups in total. The molecule has 0 aliphatic heterocycles. The zero-order chi connectivity index (χ0) is 9.68. The Morgan fingerprint density at radius 2 is 2.46 bits per heavy atom. The summed E-state index contributed by atoms with van der Waals surface area (Å²) < 4.78 is 0. The highest BCUT2D eigenvalue weighted by atomic mass is 32.1. The van der Waals surface area contributed by atoms with Gasteiger partial charge in [-0.2, -0.15) is 0 Å². The van der Waals surface area contributed by atoms with Crippen LogP contribution in [0.5, 0.6) is 0 Å². The number of primary amides is 1. The lowest BCUT2D eigenvalue weighted by Crippen LogP contribution is -2.32. The molecule has 0 aliphatic carbocycles. The van der Waals surface area contributed by atoms with Crippen LogP contribution >= 0.6 is 11.3 Å². The predicted octanol–water partition coefficient (Wildman–Crippen LogP) is 1.06. The Labute approximate surface area is 82.2 Å². The van der Waals surface area contributed by atoms with Gasteiger partial charge in [-0.25, -0.2) is 0 Å². The van der Waals surface area contributed by atoms with E-state index in [1.54, 1.807) is 11.3 Å². The summed E-state index contributed by atoms with van der Waals surface area (Å²) in [5.41, 5.74) is 5.12. The van der Waals surface area contributed by atoms with E-state index >= 15 is 0 Å². The first-order valence-corrected chi connectivity index (χ1v) is 5.13. The summed E-state index contributed by atoms with van der Waals surface area (Å²) in [5.74, 6) is -0.265. The highest BCUT2D eigenvalue weighted by Gasteiger charge is 2.06. The maximum Gasteiger partial charge on any atom is 0.231 e. The van der Waals surface area contributed by atoms with Gasteiger partial charge >= 0.3 is 0 Å². The molecule has 0 aliphatic rings. The number of rotatable bonds is 5. The number of nitrogens with zero attached hydrogens (tertiary/aromatic N) is 1. The third-order valence-corrected chi connectivity index (χ3v) is 2.65. The summed E-state index contributed by atoms with van der Waals surface area (Å²) in [6.07, 6.45) is 0. The molecule has 1 aromatic rings. The van der Waals surface area contributed by atoms with Crippen LogP contribution in [-0.4, -0.2) is 23.9 Å². The lowest BCUT2D eigenvalue weighted by molar-refractivity contribution is -0.119. The van der Waals surface area contributed by atoms with Gasteiger partial charge in [-0.15, -0.1) is 11.3 Å². The smallest absolute Gasteiger partial charge is 0.231 e. The highest BCUT2D eigenvalue weighted by molar-refractivity contribution is 7.09. The van der Waals surface area contributed by atoms with Crippen molar-refractivity contribution in [2.45, 2.75) is 13.5 Å². The molecule has 1 aromatic heterocycles. The Kier molecular flexibility index (Phi) is 3.92. The highest BCUT2D eigenvalue weighted by Crippen LogP contribution is 2.11. The molecule has 4 heteroatoms. The first-order chi connectivity index (χ1) is 6.22. The monoisotopic (exact) mass is 198 g/mol. The molecule has 0 fully saturated rings. The number of likely N-dealkylation sites (N-methyl/N-ethyl adjacent to an activating group) is 1. The second-order valence-electron chi connectivity index (χ2n) is 2.85. The second kappa shape index (κ2) is 4.99. The quantitative estimate of drug-likeness (QED) is 0.769. The lowest BCUT2D eigenvalue weighted by atomic mass is 10.4. The number of carbonyl (C=O) groups is 1. The molecule has 0 atom stereocenters. The van der Waals surface area contributed by atoms with E-state index in [9.17, 15) is 4.79 Å². The average Bonchev–Trinajstić information content (AvgIpc) is 2.55. The third-order valence-electron chi connectivity index (χ3n) is 1.79. The molecule has 13 heavy (non-hydrogen) atoms. The largest absolute Gasteiger partial charge is 0.369 e. The molecule has 0 bridgehead atoms. The minimum Gasteiger partial charge on any atom is -0.369 e. The normalized spacial score (nSPS) is 10.6. The van der Waals surface area contributed by atoms with Crippen LogP contribution in [0.1, 0.15) is 11.8 Å². The van der Waals surface area contributed by atoms with E-state index in [0.29, 0.717) is 6.54 Å². The maximum atomic E-state index is 10.7. The molecular formula is C9H14N2OS. The van der Waals surface area contributed by atoms with Gasteiger partial charge in [0.25, 0.3) is 0 Å². The predicted molar refractivity (Wildman–Crippen MR) is 54.5 cm³/mol. The van der Waals surface area contributed by atoms with Crippen molar-refractivity contribution in [3.63, 3.8) is 0 Å². The van der Waals surface area contributed by atoms with Crippen LogP contribution in [-0.2, 0) is 11.3 Å². The molecule has 1 heterocycles. The summed E-state index contributed by atoms with van der Waals surface area (Å²) in [4.78, 5) is 14.0. The van der Waals surface area contributed by atoms with E-state index in [1.165, 1.54) is 4.88 Å². The van der Waals surface area contributed by atoms with Gasteiger partial charge in [0.05, 0.1) is 6.54 Å². The van der Waals surface area contributed by atoms with Gasteiger partial charge in [-0.1, -0.05) is 13.0 Å². The maximum absolute atomic E-state index is 10.7. The lowest BCUT2D eigenvalue weighted by Gasteiger charge is -2.16. The number of amides is 1. The van der Waals surface area contributed by atoms with Gasteiger partial charge in [0.1, 0.15) is 0 Å². The molecule has 3 nitrogen and oxygen atoms in total. The van der Waals surface area contributed by atoms with Crippen molar-refractivity contribution >= 4 is 17.2 Å². The molecule has 0 unspecified atom stereocenters. The van der Waals surface area contributed by atoms with Gasteiger partial charge in [0.15, 0.2) is 0 Å². The van der Waals surface area contributed by atoms with Crippen molar-refractivity contribution in [2.75, 3.05) is 13.1 Å². The summed E-state index contributed by atoms with van der Waals surface area (Å²) in [6, 6.07) is 4.08. The Morgan fingerprint density at radius 3 is 2.92 bits per heavy atom. The van der Waals surface area contributed by atoms with Crippen molar-refractivity contribution in [3.05, 3.63) is 22.4 Å². The van der Waals surface area contributed by atoms with Gasteiger partial charge < -0.3 is 5.73 Å². The number of carbonyl (C=O) groups excluding carboxylic acids is 1. The topological polar surface area (TPSA) is 46.3 Å².